The normalized spacial score (nSPS) is 11.9. The molecule has 0 aliphatic carbocycles. The lowest BCUT2D eigenvalue weighted by molar-refractivity contribution is -0.145. The zero-order valence-electron chi connectivity index (χ0n) is 11.5. The Bertz CT molecular complexity index is 807. The predicted octanol–water partition coefficient (Wildman–Crippen LogP) is 1.25. The summed E-state index contributed by atoms with van der Waals surface area (Å²) in [4.78, 5) is 37.5. The molecule has 9 heteroatoms. The topological polar surface area (TPSA) is 137 Å². The molecule has 0 saturated heterocycles. The van der Waals surface area contributed by atoms with Crippen LogP contribution in [0.25, 0.3) is 10.8 Å². The summed E-state index contributed by atoms with van der Waals surface area (Å²) < 4.78 is 0. The molecule has 0 bridgehead atoms. The van der Waals surface area contributed by atoms with Crippen molar-refractivity contribution in [2.75, 3.05) is 0 Å². The minimum absolute atomic E-state index is 0.0475. The number of rotatable bonds is 5. The zero-order chi connectivity index (χ0) is 17.1. The van der Waals surface area contributed by atoms with Crippen molar-refractivity contribution in [1.82, 2.24) is 10.3 Å². The van der Waals surface area contributed by atoms with Crippen molar-refractivity contribution >= 4 is 40.2 Å². The Morgan fingerprint density at radius 1 is 1.17 bits per heavy atom. The van der Waals surface area contributed by atoms with Crippen LogP contribution in [0.1, 0.15) is 16.9 Å². The number of nitrogens with one attached hydrogen (secondary N) is 1. The number of benzene rings is 1. The summed E-state index contributed by atoms with van der Waals surface area (Å²) in [7, 11) is 0. The maximum Gasteiger partial charge on any atom is 0.326 e. The van der Waals surface area contributed by atoms with Gasteiger partial charge in [-0.2, -0.15) is 0 Å². The van der Waals surface area contributed by atoms with Gasteiger partial charge >= 0.3 is 11.9 Å². The van der Waals surface area contributed by atoms with Gasteiger partial charge in [-0.25, -0.2) is 9.78 Å². The Hall–Kier alpha value is -2.87. The highest BCUT2D eigenvalue weighted by molar-refractivity contribution is 6.34. The first-order chi connectivity index (χ1) is 10.8. The summed E-state index contributed by atoms with van der Waals surface area (Å²) in [5, 5.41) is 30.3. The van der Waals surface area contributed by atoms with Crippen molar-refractivity contribution in [3.05, 3.63) is 35.1 Å². The smallest absolute Gasteiger partial charge is 0.326 e. The molecule has 1 aromatic heterocycles. The molecule has 120 valence electrons. The van der Waals surface area contributed by atoms with Gasteiger partial charge in [0.25, 0.3) is 5.91 Å². The summed E-state index contributed by atoms with van der Waals surface area (Å²) in [5.41, 5.74) is -0.481. The van der Waals surface area contributed by atoms with Crippen LogP contribution in [0.3, 0.4) is 0 Å². The second-order valence-electron chi connectivity index (χ2n) is 4.61. The number of fused-ring (bicyclic) bond motifs is 1. The highest BCUT2D eigenvalue weighted by Gasteiger charge is 2.26. The number of aliphatic carboxylic acids is 2. The molecule has 2 rings (SSSR count). The molecule has 4 N–H and O–H groups in total. The summed E-state index contributed by atoms with van der Waals surface area (Å²) >= 11 is 5.95. The van der Waals surface area contributed by atoms with Gasteiger partial charge in [-0.3, -0.25) is 9.59 Å². The van der Waals surface area contributed by atoms with Crippen LogP contribution in [0.2, 0.25) is 5.15 Å². The molecule has 0 saturated carbocycles. The molecule has 23 heavy (non-hydrogen) atoms. The molecule has 1 atom stereocenters. The number of hydrogen-bond donors (Lipinski definition) is 4. The maximum absolute atomic E-state index is 12.1. The number of pyridine rings is 1. The fourth-order valence-corrected chi connectivity index (χ4v) is 2.22. The molecule has 1 heterocycles. The van der Waals surface area contributed by atoms with Crippen molar-refractivity contribution in [2.24, 2.45) is 0 Å². The average molecular weight is 339 g/mol. The van der Waals surface area contributed by atoms with E-state index in [1.165, 1.54) is 6.07 Å². The number of nitrogens with zero attached hydrogens (tertiary/aromatic N) is 1. The molecule has 0 spiro atoms. The first kappa shape index (κ1) is 16.5. The third kappa shape index (κ3) is 3.49. The van der Waals surface area contributed by atoms with Gasteiger partial charge in [0.1, 0.15) is 11.2 Å². The number of hydrogen-bond acceptors (Lipinski definition) is 5. The van der Waals surface area contributed by atoms with Crippen molar-refractivity contribution in [1.29, 1.82) is 0 Å². The Morgan fingerprint density at radius 3 is 2.35 bits per heavy atom. The van der Waals surface area contributed by atoms with Crippen LogP contribution in [0.4, 0.5) is 0 Å². The van der Waals surface area contributed by atoms with E-state index < -0.39 is 41.8 Å². The molecule has 0 aliphatic heterocycles. The van der Waals surface area contributed by atoms with E-state index in [9.17, 15) is 19.5 Å². The van der Waals surface area contributed by atoms with E-state index in [1.807, 2.05) is 5.32 Å². The molecular weight excluding hydrogens is 328 g/mol. The number of amides is 1. The Morgan fingerprint density at radius 2 is 1.78 bits per heavy atom. The van der Waals surface area contributed by atoms with Crippen molar-refractivity contribution in [3.8, 4) is 5.75 Å². The van der Waals surface area contributed by atoms with Crippen LogP contribution in [0.5, 0.6) is 5.75 Å². The van der Waals surface area contributed by atoms with Gasteiger partial charge in [0.15, 0.2) is 11.4 Å². The van der Waals surface area contributed by atoms with Crippen LogP contribution in [0, 0.1) is 0 Å². The fourth-order valence-electron chi connectivity index (χ4n) is 1.97. The third-order valence-corrected chi connectivity index (χ3v) is 3.32. The average Bonchev–Trinajstić information content (AvgIpc) is 2.49. The number of carbonyl (C=O) groups is 3. The number of halogens is 1. The first-order valence-electron chi connectivity index (χ1n) is 6.34. The fraction of sp³-hybridized carbons (Fsp3) is 0.143. The van der Waals surface area contributed by atoms with Gasteiger partial charge in [-0.1, -0.05) is 35.9 Å². The minimum Gasteiger partial charge on any atom is -0.505 e. The minimum atomic E-state index is -1.66. The standard InChI is InChI=1S/C14H11ClN2O6/c15-12-7-4-2-1-3-6(7)11(20)10(17-12)13(21)16-8(14(22)23)5-9(18)19/h1-4,8,20H,5H2,(H,16,21)(H,18,19)(H,22,23)/t8-/m0/s1. The van der Waals surface area contributed by atoms with E-state index in [1.54, 1.807) is 18.2 Å². The monoisotopic (exact) mass is 338 g/mol. The second kappa shape index (κ2) is 6.49. The molecular formula is C14H11ClN2O6. The number of carboxylic acid groups (broad SMARTS) is 2. The number of aromatic hydroxyl groups is 1. The van der Waals surface area contributed by atoms with Crippen LogP contribution in [-0.2, 0) is 9.59 Å². The molecule has 2 aromatic rings. The van der Waals surface area contributed by atoms with E-state index in [0.717, 1.165) is 0 Å². The number of aromatic nitrogens is 1. The second-order valence-corrected chi connectivity index (χ2v) is 4.97. The molecule has 0 fully saturated rings. The Kier molecular flexibility index (Phi) is 4.65. The Balaban J connectivity index is 2.39. The van der Waals surface area contributed by atoms with Crippen LogP contribution < -0.4 is 5.32 Å². The highest BCUT2D eigenvalue weighted by Crippen LogP contribution is 2.31. The molecule has 1 amide bonds. The van der Waals surface area contributed by atoms with Gasteiger partial charge in [-0.15, -0.1) is 0 Å². The van der Waals surface area contributed by atoms with Crippen molar-refractivity contribution in [2.45, 2.75) is 12.5 Å². The lowest BCUT2D eigenvalue weighted by Gasteiger charge is -2.13. The molecule has 0 unspecified atom stereocenters. The summed E-state index contributed by atoms with van der Waals surface area (Å²) in [5.74, 6) is -4.43. The van der Waals surface area contributed by atoms with Gasteiger partial charge < -0.3 is 20.6 Å². The van der Waals surface area contributed by atoms with Gasteiger partial charge in [-0.05, 0) is 0 Å². The van der Waals surface area contributed by atoms with Crippen LogP contribution >= 0.6 is 11.6 Å². The molecule has 0 radical (unpaired) electrons. The lowest BCUT2D eigenvalue weighted by atomic mass is 10.1. The molecule has 1 aromatic carbocycles. The summed E-state index contributed by atoms with van der Waals surface area (Å²) in [6, 6.07) is 4.73. The van der Waals surface area contributed by atoms with E-state index in [0.29, 0.717) is 5.39 Å². The van der Waals surface area contributed by atoms with Gasteiger partial charge in [0.05, 0.1) is 6.42 Å². The Labute approximate surface area is 134 Å². The van der Waals surface area contributed by atoms with Crippen molar-refractivity contribution < 1.29 is 29.7 Å². The highest BCUT2D eigenvalue weighted by atomic mass is 35.5. The summed E-state index contributed by atoms with van der Waals surface area (Å²) in [6.07, 6.45) is -0.816. The van der Waals surface area contributed by atoms with E-state index in [-0.39, 0.29) is 10.5 Å². The van der Waals surface area contributed by atoms with Gasteiger partial charge in [0, 0.05) is 10.8 Å². The van der Waals surface area contributed by atoms with Gasteiger partial charge in [0.2, 0.25) is 0 Å². The third-order valence-electron chi connectivity index (χ3n) is 3.04. The molecule has 8 nitrogen and oxygen atoms in total. The first-order valence-corrected chi connectivity index (χ1v) is 6.71. The number of carboxylic acids is 2. The van der Waals surface area contributed by atoms with Crippen LogP contribution in [-0.4, -0.2) is 44.2 Å². The van der Waals surface area contributed by atoms with Crippen molar-refractivity contribution in [3.63, 3.8) is 0 Å². The quantitative estimate of drug-likeness (QED) is 0.602. The van der Waals surface area contributed by atoms with E-state index in [2.05, 4.69) is 4.98 Å². The lowest BCUT2D eigenvalue weighted by Crippen LogP contribution is -2.42. The maximum atomic E-state index is 12.1. The number of carbonyl (C=O) groups excluding carboxylic acids is 1. The zero-order valence-corrected chi connectivity index (χ0v) is 12.2. The summed E-state index contributed by atoms with van der Waals surface area (Å²) in [6.45, 7) is 0. The predicted molar refractivity (Wildman–Crippen MR) is 79.6 cm³/mol. The van der Waals surface area contributed by atoms with E-state index >= 15 is 0 Å². The van der Waals surface area contributed by atoms with E-state index in [4.69, 9.17) is 21.8 Å². The SMILES string of the molecule is O=C(O)C[C@H](NC(=O)c1nc(Cl)c2ccccc2c1O)C(=O)O. The van der Waals surface area contributed by atoms with Crippen LogP contribution in [0.15, 0.2) is 24.3 Å². The largest absolute Gasteiger partial charge is 0.505 e. The molecule has 0 aliphatic rings.